The van der Waals surface area contributed by atoms with Gasteiger partial charge in [0.05, 0.1) is 32.2 Å². The molecule has 10 heteroatoms. The number of carbonyl (C=O) groups is 2. The molecule has 1 unspecified atom stereocenters. The smallest absolute Gasteiger partial charge is 0.408 e. The van der Waals surface area contributed by atoms with Crippen molar-refractivity contribution in [2.45, 2.75) is 105 Å². The molecule has 38 heavy (non-hydrogen) atoms. The molecule has 1 saturated heterocycles. The van der Waals surface area contributed by atoms with E-state index in [0.29, 0.717) is 0 Å². The zero-order chi connectivity index (χ0) is 28.6. The standard InChI is InChI=1S/C16H36N.C12H14N2O6S/c1-5-9-13-17(14-10-6-2,15-11-7-3)16-12-8-4;1-8-10(11(15)14(8)21(17,18)19)13-12(16)20-7-9-5-3-2-4-6-9/h5-16H2,1-4H3;2-6,8,10H,7H2,1H3,(H,13,16)(H,17,18,19)/q+1;/p-1/t;8-,10?/m.0/s1. The van der Waals surface area contributed by atoms with Crippen molar-refractivity contribution in [1.82, 2.24) is 9.62 Å². The first-order chi connectivity index (χ1) is 18.0. The van der Waals surface area contributed by atoms with Gasteiger partial charge in [0, 0.05) is 0 Å². The molecule has 218 valence electrons. The van der Waals surface area contributed by atoms with Crippen LogP contribution in [0.4, 0.5) is 4.79 Å². The number of β-lactam (4-membered cyclic amide) rings is 1. The van der Waals surface area contributed by atoms with Crippen LogP contribution >= 0.6 is 0 Å². The highest BCUT2D eigenvalue weighted by molar-refractivity contribution is 7.84. The van der Waals surface area contributed by atoms with Crippen LogP contribution in [0.2, 0.25) is 0 Å². The highest BCUT2D eigenvalue weighted by atomic mass is 32.2. The van der Waals surface area contributed by atoms with Crippen molar-refractivity contribution >= 4 is 22.3 Å². The van der Waals surface area contributed by atoms with Gasteiger partial charge in [-0.25, -0.2) is 17.5 Å². The summed E-state index contributed by atoms with van der Waals surface area (Å²) in [7, 11) is -4.85. The Morgan fingerprint density at radius 3 is 1.74 bits per heavy atom. The average molecular weight is 556 g/mol. The van der Waals surface area contributed by atoms with E-state index in [0.717, 1.165) is 5.56 Å². The lowest BCUT2D eigenvalue weighted by Crippen LogP contribution is -2.70. The van der Waals surface area contributed by atoms with Crippen LogP contribution in [0.5, 0.6) is 0 Å². The molecule has 1 aromatic carbocycles. The summed E-state index contributed by atoms with van der Waals surface area (Å²) in [5.74, 6) is -0.964. The summed E-state index contributed by atoms with van der Waals surface area (Å²) in [6.07, 6.45) is 10.2. The van der Waals surface area contributed by atoms with Crippen molar-refractivity contribution < 1.29 is 31.8 Å². The van der Waals surface area contributed by atoms with E-state index in [1.165, 1.54) is 89.0 Å². The summed E-state index contributed by atoms with van der Waals surface area (Å²) in [4.78, 5) is 23.0. The number of alkyl carbamates (subject to hydrolysis) is 1. The molecule has 1 fully saturated rings. The number of nitrogens with zero attached hydrogens (tertiary/aromatic N) is 2. The maximum Gasteiger partial charge on any atom is 0.408 e. The highest BCUT2D eigenvalue weighted by Crippen LogP contribution is 2.23. The van der Waals surface area contributed by atoms with Gasteiger partial charge in [-0.2, -0.15) is 0 Å². The van der Waals surface area contributed by atoms with Crippen LogP contribution in [-0.4, -0.2) is 72.0 Å². The predicted molar refractivity (Wildman–Crippen MR) is 149 cm³/mol. The van der Waals surface area contributed by atoms with Crippen LogP contribution in [0.1, 0.15) is 91.5 Å². The predicted octanol–water partition coefficient (Wildman–Crippen LogP) is 4.98. The van der Waals surface area contributed by atoms with Crippen molar-refractivity contribution in [1.29, 1.82) is 0 Å². The lowest BCUT2D eigenvalue weighted by molar-refractivity contribution is -0.929. The maximum atomic E-state index is 11.5. The number of carbonyl (C=O) groups excluding carboxylic acids is 2. The number of nitrogens with one attached hydrogen (secondary N) is 1. The minimum absolute atomic E-state index is 0.0194. The Balaban J connectivity index is 0.000000391. The van der Waals surface area contributed by atoms with E-state index >= 15 is 0 Å². The molecule has 1 heterocycles. The Morgan fingerprint density at radius 1 is 0.921 bits per heavy atom. The van der Waals surface area contributed by atoms with Crippen molar-refractivity contribution in [3.8, 4) is 0 Å². The third-order valence-corrected chi connectivity index (χ3v) is 8.00. The van der Waals surface area contributed by atoms with Gasteiger partial charge in [-0.15, -0.1) is 0 Å². The first-order valence-electron chi connectivity index (χ1n) is 14.2. The number of hydrogen-bond acceptors (Lipinski definition) is 6. The third kappa shape index (κ3) is 11.3. The number of benzene rings is 1. The van der Waals surface area contributed by atoms with Gasteiger partial charge in [0.1, 0.15) is 12.6 Å². The molecular weight excluding hydrogens is 506 g/mol. The zero-order valence-electron chi connectivity index (χ0n) is 24.0. The van der Waals surface area contributed by atoms with Crippen LogP contribution in [0.3, 0.4) is 0 Å². The summed E-state index contributed by atoms with van der Waals surface area (Å²) in [6.45, 7) is 16.4. The summed E-state index contributed by atoms with van der Waals surface area (Å²) in [5.41, 5.74) is 0.768. The fourth-order valence-corrected chi connectivity index (χ4v) is 5.49. The first kappa shape index (κ1) is 33.9. The molecule has 1 N–H and O–H groups in total. The molecule has 2 atom stereocenters. The van der Waals surface area contributed by atoms with Gasteiger partial charge in [-0.3, -0.25) is 4.79 Å². The van der Waals surface area contributed by atoms with E-state index < -0.39 is 34.4 Å². The number of unbranched alkanes of at least 4 members (excludes halogenated alkanes) is 4. The molecule has 0 spiro atoms. The Labute approximate surface area is 230 Å². The normalized spacial score (nSPS) is 17.3. The first-order valence-corrected chi connectivity index (χ1v) is 15.5. The molecule has 1 aliphatic heterocycles. The topological polar surface area (TPSA) is 116 Å². The third-order valence-electron chi connectivity index (χ3n) is 7.01. The Morgan fingerprint density at radius 2 is 1.37 bits per heavy atom. The van der Waals surface area contributed by atoms with Crippen LogP contribution < -0.4 is 5.32 Å². The Hall–Kier alpha value is -2.17. The summed E-state index contributed by atoms with van der Waals surface area (Å²) >= 11 is 0. The lowest BCUT2D eigenvalue weighted by atomic mass is 10.0. The van der Waals surface area contributed by atoms with Crippen molar-refractivity contribution in [3.63, 3.8) is 0 Å². The Bertz CT molecular complexity index is 888. The molecular formula is C28H49N3O6S. The minimum Gasteiger partial charge on any atom is -0.731 e. The molecule has 9 nitrogen and oxygen atoms in total. The molecule has 0 aromatic heterocycles. The van der Waals surface area contributed by atoms with Crippen LogP contribution in [-0.2, 0) is 26.4 Å². The number of amides is 2. The van der Waals surface area contributed by atoms with E-state index in [1.54, 1.807) is 24.3 Å². The zero-order valence-corrected chi connectivity index (χ0v) is 24.8. The second-order valence-electron chi connectivity index (χ2n) is 10.2. The van der Waals surface area contributed by atoms with E-state index in [2.05, 4.69) is 33.0 Å². The molecule has 0 radical (unpaired) electrons. The quantitative estimate of drug-likeness (QED) is 0.175. The molecule has 1 aliphatic rings. The summed E-state index contributed by atoms with van der Waals surface area (Å²) < 4.78 is 38.9. The van der Waals surface area contributed by atoms with Crippen LogP contribution in [0.15, 0.2) is 30.3 Å². The number of ether oxygens (including phenoxy) is 1. The van der Waals surface area contributed by atoms with Gasteiger partial charge in [-0.05, 0) is 38.2 Å². The average Bonchev–Trinajstić information content (AvgIpc) is 2.90. The molecule has 0 aliphatic carbocycles. The second kappa shape index (κ2) is 17.4. The van der Waals surface area contributed by atoms with Crippen molar-refractivity contribution in [2.24, 2.45) is 0 Å². The van der Waals surface area contributed by atoms with Gasteiger partial charge < -0.3 is 19.1 Å². The van der Waals surface area contributed by atoms with Crippen molar-refractivity contribution in [2.75, 3.05) is 26.2 Å². The van der Waals surface area contributed by atoms with E-state index in [-0.39, 0.29) is 10.9 Å². The van der Waals surface area contributed by atoms with Gasteiger partial charge in [0.25, 0.3) is 5.91 Å². The largest absolute Gasteiger partial charge is 0.731 e. The SMILES string of the molecule is CCCC[N+](CCCC)(CCCC)CCCC.C[C@H]1C(NC(=O)OCc2ccccc2)C(=O)N1S(=O)(=O)[O-]. The molecule has 2 rings (SSSR count). The molecule has 0 bridgehead atoms. The summed E-state index contributed by atoms with van der Waals surface area (Å²) in [5, 5.41) is 2.23. The van der Waals surface area contributed by atoms with Crippen LogP contribution in [0, 0.1) is 0 Å². The molecule has 0 saturated carbocycles. The highest BCUT2D eigenvalue weighted by Gasteiger charge is 2.49. The van der Waals surface area contributed by atoms with Gasteiger partial charge in [0.2, 0.25) is 0 Å². The second-order valence-corrected chi connectivity index (χ2v) is 11.4. The fraction of sp³-hybridized carbons (Fsp3) is 0.714. The number of rotatable bonds is 16. The van der Waals surface area contributed by atoms with E-state index in [1.807, 2.05) is 6.07 Å². The maximum absolute atomic E-state index is 11.5. The van der Waals surface area contributed by atoms with Gasteiger partial charge in [0.15, 0.2) is 10.3 Å². The number of quaternary nitrogens is 1. The number of hydrogen-bond donors (Lipinski definition) is 1. The van der Waals surface area contributed by atoms with E-state index in [9.17, 15) is 22.6 Å². The van der Waals surface area contributed by atoms with Crippen LogP contribution in [0.25, 0.3) is 0 Å². The van der Waals surface area contributed by atoms with Crippen molar-refractivity contribution in [3.05, 3.63) is 35.9 Å². The monoisotopic (exact) mass is 555 g/mol. The van der Waals surface area contributed by atoms with Gasteiger partial charge in [-0.1, -0.05) is 83.7 Å². The van der Waals surface area contributed by atoms with Gasteiger partial charge >= 0.3 is 6.09 Å². The Kier molecular flexibility index (Phi) is 15.5. The minimum atomic E-state index is -4.85. The fourth-order valence-electron chi connectivity index (χ4n) is 4.63. The molecule has 1 aromatic rings. The summed E-state index contributed by atoms with van der Waals surface area (Å²) in [6, 6.07) is 6.90. The van der Waals surface area contributed by atoms with E-state index in [4.69, 9.17) is 4.74 Å². The molecule has 2 amide bonds. The lowest BCUT2D eigenvalue weighted by Gasteiger charge is -2.45.